The lowest BCUT2D eigenvalue weighted by Gasteiger charge is -2.12. The van der Waals surface area contributed by atoms with Crippen LogP contribution in [0.4, 0.5) is 11.6 Å². The van der Waals surface area contributed by atoms with E-state index in [0.29, 0.717) is 50.1 Å². The fraction of sp³-hybridized carbons (Fsp3) is 0.231. The van der Waals surface area contributed by atoms with Crippen molar-refractivity contribution in [2.24, 2.45) is 0 Å². The Labute approximate surface area is 199 Å². The molecule has 8 heteroatoms. The summed E-state index contributed by atoms with van der Waals surface area (Å²) < 4.78 is 0. The highest BCUT2D eigenvalue weighted by atomic mass is 16.2. The smallest absolute Gasteiger partial charge is 0.223 e. The lowest BCUT2D eigenvalue weighted by atomic mass is 10.2. The van der Waals surface area contributed by atoms with Crippen LogP contribution in [0.2, 0.25) is 0 Å². The lowest BCUT2D eigenvalue weighted by molar-refractivity contribution is -0.120. The summed E-state index contributed by atoms with van der Waals surface area (Å²) in [5, 5.41) is 12.1. The number of carbonyl (C=O) groups is 2. The monoisotopic (exact) mass is 458 g/mol. The van der Waals surface area contributed by atoms with Gasteiger partial charge < -0.3 is 21.3 Å². The van der Waals surface area contributed by atoms with Crippen molar-refractivity contribution in [3.8, 4) is 11.4 Å². The molecule has 0 saturated carbocycles. The molecule has 0 fully saturated rings. The van der Waals surface area contributed by atoms with E-state index >= 15 is 0 Å². The quantitative estimate of drug-likeness (QED) is 0.310. The maximum Gasteiger partial charge on any atom is 0.223 e. The van der Waals surface area contributed by atoms with Crippen LogP contribution < -0.4 is 21.3 Å². The maximum absolute atomic E-state index is 12.1. The van der Waals surface area contributed by atoms with Gasteiger partial charge in [0.15, 0.2) is 5.82 Å². The van der Waals surface area contributed by atoms with Gasteiger partial charge in [0.25, 0.3) is 0 Å². The Kier molecular flexibility index (Phi) is 9.61. The zero-order chi connectivity index (χ0) is 24.0. The molecule has 0 aliphatic carbocycles. The highest BCUT2D eigenvalue weighted by Crippen LogP contribution is 2.19. The van der Waals surface area contributed by atoms with E-state index in [0.717, 1.165) is 11.1 Å². The Morgan fingerprint density at radius 2 is 1.38 bits per heavy atom. The molecule has 0 aliphatic rings. The molecule has 0 radical (unpaired) electrons. The summed E-state index contributed by atoms with van der Waals surface area (Å²) in [7, 11) is 0. The zero-order valence-corrected chi connectivity index (χ0v) is 19.3. The van der Waals surface area contributed by atoms with E-state index in [1.165, 1.54) is 6.92 Å². The Morgan fingerprint density at radius 1 is 0.794 bits per heavy atom. The van der Waals surface area contributed by atoms with E-state index in [1.807, 2.05) is 78.9 Å². The molecular weight excluding hydrogens is 428 g/mol. The first-order chi connectivity index (χ1) is 16.6. The highest BCUT2D eigenvalue weighted by molar-refractivity contribution is 5.78. The third kappa shape index (κ3) is 8.74. The predicted octanol–water partition coefficient (Wildman–Crippen LogP) is 3.32. The van der Waals surface area contributed by atoms with E-state index in [1.54, 1.807) is 0 Å². The number of benzene rings is 2. The molecule has 0 unspecified atom stereocenters. The van der Waals surface area contributed by atoms with Crippen LogP contribution >= 0.6 is 0 Å². The van der Waals surface area contributed by atoms with E-state index in [-0.39, 0.29) is 11.8 Å². The van der Waals surface area contributed by atoms with Crippen molar-refractivity contribution >= 4 is 29.5 Å². The molecule has 34 heavy (non-hydrogen) atoms. The second-order valence-corrected chi connectivity index (χ2v) is 7.53. The average molecular weight is 459 g/mol. The minimum atomic E-state index is -0.0746. The van der Waals surface area contributed by atoms with E-state index in [9.17, 15) is 9.59 Å². The summed E-state index contributed by atoms with van der Waals surface area (Å²) >= 11 is 0. The Morgan fingerprint density at radius 3 is 2.00 bits per heavy atom. The van der Waals surface area contributed by atoms with E-state index < -0.39 is 0 Å². The first-order valence-electron chi connectivity index (χ1n) is 11.2. The van der Waals surface area contributed by atoms with Crippen molar-refractivity contribution in [2.75, 3.05) is 36.8 Å². The summed E-state index contributed by atoms with van der Waals surface area (Å²) in [6.45, 7) is 3.50. The first-order valence-corrected chi connectivity index (χ1v) is 11.2. The van der Waals surface area contributed by atoms with Crippen LogP contribution in [0.5, 0.6) is 0 Å². The number of hydrogen-bond acceptors (Lipinski definition) is 6. The van der Waals surface area contributed by atoms with Gasteiger partial charge in [-0.25, -0.2) is 9.97 Å². The molecule has 176 valence electrons. The summed E-state index contributed by atoms with van der Waals surface area (Å²) in [5.41, 5.74) is 1.96. The summed E-state index contributed by atoms with van der Waals surface area (Å²) in [6, 6.07) is 21.4. The molecule has 2 aromatic carbocycles. The molecule has 1 aromatic heterocycles. The topological polar surface area (TPSA) is 108 Å². The maximum atomic E-state index is 12.1. The number of carbonyl (C=O) groups excluding carboxylic acids is 2. The van der Waals surface area contributed by atoms with Gasteiger partial charge in [0, 0.05) is 51.2 Å². The SMILES string of the molecule is CC(=O)NCCNc1cc(NCCNC(=O)CC=Cc2ccccc2)nc(-c2ccccc2)n1. The molecule has 2 amide bonds. The third-order valence-electron chi connectivity index (χ3n) is 4.73. The molecule has 0 aliphatic heterocycles. The van der Waals surface area contributed by atoms with Gasteiger partial charge in [-0.15, -0.1) is 0 Å². The van der Waals surface area contributed by atoms with Crippen LogP contribution in [0.15, 0.2) is 72.8 Å². The molecule has 0 atom stereocenters. The van der Waals surface area contributed by atoms with Crippen LogP contribution in [0.1, 0.15) is 18.9 Å². The molecule has 3 rings (SSSR count). The van der Waals surface area contributed by atoms with Gasteiger partial charge in [-0.1, -0.05) is 72.8 Å². The standard InChI is InChI=1S/C26H30N6O2/c1-20(33)27-15-16-28-23-19-24(32-26(31-23)22-12-6-3-7-13-22)29-17-18-30-25(34)14-8-11-21-9-4-2-5-10-21/h2-13,19H,14-18H2,1H3,(H,27,33)(H,30,34)(H2,28,29,31,32). The number of aromatic nitrogens is 2. The number of rotatable bonds is 12. The molecule has 0 saturated heterocycles. The minimum absolute atomic E-state index is 0.0398. The number of hydrogen-bond donors (Lipinski definition) is 4. The number of nitrogens with one attached hydrogen (secondary N) is 4. The van der Waals surface area contributed by atoms with Gasteiger partial charge in [-0.3, -0.25) is 9.59 Å². The average Bonchev–Trinajstić information content (AvgIpc) is 2.85. The third-order valence-corrected chi connectivity index (χ3v) is 4.73. The fourth-order valence-electron chi connectivity index (χ4n) is 3.10. The second kappa shape index (κ2) is 13.4. The number of amides is 2. The van der Waals surface area contributed by atoms with E-state index in [2.05, 4.69) is 31.2 Å². The van der Waals surface area contributed by atoms with Crippen molar-refractivity contribution in [1.82, 2.24) is 20.6 Å². The van der Waals surface area contributed by atoms with Crippen LogP contribution in [-0.2, 0) is 9.59 Å². The zero-order valence-electron chi connectivity index (χ0n) is 19.3. The van der Waals surface area contributed by atoms with Gasteiger partial charge in [0.05, 0.1) is 0 Å². The molecule has 3 aromatic rings. The largest absolute Gasteiger partial charge is 0.368 e. The first kappa shape index (κ1) is 24.4. The van der Waals surface area contributed by atoms with Crippen molar-refractivity contribution in [1.29, 1.82) is 0 Å². The Balaban J connectivity index is 1.52. The van der Waals surface area contributed by atoms with Crippen LogP contribution in [-0.4, -0.2) is 48.0 Å². The van der Waals surface area contributed by atoms with Gasteiger partial charge in [0.1, 0.15) is 11.6 Å². The molecule has 8 nitrogen and oxygen atoms in total. The minimum Gasteiger partial charge on any atom is -0.368 e. The fourth-order valence-corrected chi connectivity index (χ4v) is 3.10. The van der Waals surface area contributed by atoms with Gasteiger partial charge >= 0.3 is 0 Å². The highest BCUT2D eigenvalue weighted by Gasteiger charge is 2.07. The Bertz CT molecular complexity index is 1090. The van der Waals surface area contributed by atoms with Crippen LogP contribution in [0, 0.1) is 0 Å². The molecule has 4 N–H and O–H groups in total. The van der Waals surface area contributed by atoms with E-state index in [4.69, 9.17) is 0 Å². The normalized spacial score (nSPS) is 10.6. The molecule has 0 bridgehead atoms. The Hall–Kier alpha value is -4.20. The number of anilines is 2. The lowest BCUT2D eigenvalue weighted by Crippen LogP contribution is -2.28. The van der Waals surface area contributed by atoms with Crippen molar-refractivity contribution in [2.45, 2.75) is 13.3 Å². The van der Waals surface area contributed by atoms with Crippen molar-refractivity contribution in [3.63, 3.8) is 0 Å². The summed E-state index contributed by atoms with van der Waals surface area (Å²) in [6.07, 6.45) is 4.11. The van der Waals surface area contributed by atoms with Gasteiger partial charge in [-0.05, 0) is 5.56 Å². The summed E-state index contributed by atoms with van der Waals surface area (Å²) in [4.78, 5) is 32.3. The second-order valence-electron chi connectivity index (χ2n) is 7.53. The molecule has 1 heterocycles. The molecule has 0 spiro atoms. The number of nitrogens with zero attached hydrogens (tertiary/aromatic N) is 2. The van der Waals surface area contributed by atoms with Crippen molar-refractivity contribution in [3.05, 3.63) is 78.4 Å². The predicted molar refractivity (Wildman–Crippen MR) is 136 cm³/mol. The molecular formula is C26H30N6O2. The van der Waals surface area contributed by atoms with Crippen LogP contribution in [0.25, 0.3) is 17.5 Å². The van der Waals surface area contributed by atoms with Crippen molar-refractivity contribution < 1.29 is 9.59 Å². The summed E-state index contributed by atoms with van der Waals surface area (Å²) in [5.74, 6) is 1.77. The van der Waals surface area contributed by atoms with Gasteiger partial charge in [-0.2, -0.15) is 0 Å². The van der Waals surface area contributed by atoms with Gasteiger partial charge in [0.2, 0.25) is 11.8 Å². The van der Waals surface area contributed by atoms with Crippen LogP contribution in [0.3, 0.4) is 0 Å².